The molecule has 1 fully saturated rings. The van der Waals surface area contributed by atoms with Crippen molar-refractivity contribution in [1.82, 2.24) is 10.2 Å². The van der Waals surface area contributed by atoms with Gasteiger partial charge in [0, 0.05) is 26.2 Å². The molecule has 1 saturated heterocycles. The van der Waals surface area contributed by atoms with Gasteiger partial charge in [-0.3, -0.25) is 0 Å². The molecule has 0 unspecified atom stereocenters. The van der Waals surface area contributed by atoms with Gasteiger partial charge in [-0.15, -0.1) is 5.11 Å². The molecule has 4 nitrogen and oxygen atoms in total. The highest BCUT2D eigenvalue weighted by Gasteiger charge is 2.13. The summed E-state index contributed by atoms with van der Waals surface area (Å²) in [6, 6.07) is 0. The smallest absolute Gasteiger partial charge is 0.146 e. The third-order valence-electron chi connectivity index (χ3n) is 2.17. The molecule has 0 saturated carbocycles. The first-order valence-electron chi connectivity index (χ1n) is 4.50. The fraction of sp³-hybridized carbons (Fsp3) is 0.750. The Balaban J connectivity index is 1.97. The molecule has 12 heavy (non-hydrogen) atoms. The second-order valence-electron chi connectivity index (χ2n) is 3.05. The molecule has 0 amide bonds. The molecule has 0 spiro atoms. The van der Waals surface area contributed by atoms with Crippen LogP contribution in [0.25, 0.3) is 0 Å². The summed E-state index contributed by atoms with van der Waals surface area (Å²) in [6.45, 7) is 5.10. The number of nitrogens with zero attached hydrogens (tertiary/aromatic N) is 3. The molecule has 0 aromatic rings. The number of azo groups is 1. The van der Waals surface area contributed by atoms with E-state index in [4.69, 9.17) is 0 Å². The first-order valence-corrected chi connectivity index (χ1v) is 4.50. The second kappa shape index (κ2) is 3.67. The Bertz CT molecular complexity index is 203. The van der Waals surface area contributed by atoms with Crippen molar-refractivity contribution in [2.45, 2.75) is 6.42 Å². The Morgan fingerprint density at radius 3 is 2.83 bits per heavy atom. The van der Waals surface area contributed by atoms with Crippen LogP contribution in [0.15, 0.2) is 22.1 Å². The summed E-state index contributed by atoms with van der Waals surface area (Å²) in [5.74, 6) is 1.07. The fourth-order valence-corrected chi connectivity index (χ4v) is 1.50. The predicted molar refractivity (Wildman–Crippen MR) is 46.9 cm³/mol. The van der Waals surface area contributed by atoms with Crippen LogP contribution in [-0.2, 0) is 0 Å². The maximum Gasteiger partial charge on any atom is 0.146 e. The third-order valence-corrected chi connectivity index (χ3v) is 2.17. The first-order chi connectivity index (χ1) is 5.97. The minimum absolute atomic E-state index is 0.857. The topological polar surface area (TPSA) is 40.0 Å². The monoisotopic (exact) mass is 166 g/mol. The molecule has 66 valence electrons. The normalized spacial score (nSPS) is 24.0. The summed E-state index contributed by atoms with van der Waals surface area (Å²) in [4.78, 5) is 2.29. The van der Waals surface area contributed by atoms with Crippen molar-refractivity contribution < 1.29 is 0 Å². The number of nitrogens with one attached hydrogen (secondary N) is 1. The molecule has 2 aliphatic heterocycles. The van der Waals surface area contributed by atoms with Crippen molar-refractivity contribution in [2.24, 2.45) is 10.2 Å². The molecule has 2 rings (SSSR count). The van der Waals surface area contributed by atoms with Gasteiger partial charge in [-0.05, 0) is 12.5 Å². The molecule has 0 aliphatic carbocycles. The molecular formula is C8H14N4. The number of piperazine rings is 1. The average molecular weight is 166 g/mol. The molecule has 0 aromatic carbocycles. The zero-order valence-corrected chi connectivity index (χ0v) is 7.16. The lowest BCUT2D eigenvalue weighted by Crippen LogP contribution is -2.42. The summed E-state index contributed by atoms with van der Waals surface area (Å²) in [5.41, 5.74) is 0. The number of rotatable bonds is 1. The Labute approximate surface area is 72.3 Å². The standard InChI is InChI=1S/C8H14N4/c1-2-8(11-10-3-1)12-6-4-9-5-7-12/h2,9H,1,3-7H2. The lowest BCUT2D eigenvalue weighted by atomic mass is 10.3. The van der Waals surface area contributed by atoms with Gasteiger partial charge in [-0.25, -0.2) is 0 Å². The van der Waals surface area contributed by atoms with Crippen LogP contribution in [-0.4, -0.2) is 37.6 Å². The van der Waals surface area contributed by atoms with Crippen LogP contribution in [0.1, 0.15) is 6.42 Å². The van der Waals surface area contributed by atoms with Crippen molar-refractivity contribution in [3.05, 3.63) is 11.9 Å². The molecule has 4 heteroatoms. The van der Waals surface area contributed by atoms with Gasteiger partial charge in [0.2, 0.25) is 0 Å². The summed E-state index contributed by atoms with van der Waals surface area (Å²) in [7, 11) is 0. The van der Waals surface area contributed by atoms with Gasteiger partial charge in [0.25, 0.3) is 0 Å². The maximum atomic E-state index is 4.14. The van der Waals surface area contributed by atoms with Gasteiger partial charge in [-0.2, -0.15) is 5.11 Å². The van der Waals surface area contributed by atoms with E-state index in [9.17, 15) is 0 Å². The molecule has 0 atom stereocenters. The van der Waals surface area contributed by atoms with Gasteiger partial charge in [0.1, 0.15) is 5.82 Å². The van der Waals surface area contributed by atoms with E-state index in [1.54, 1.807) is 0 Å². The molecule has 2 heterocycles. The first kappa shape index (κ1) is 7.73. The van der Waals surface area contributed by atoms with Gasteiger partial charge in [0.05, 0.1) is 6.54 Å². The van der Waals surface area contributed by atoms with Gasteiger partial charge < -0.3 is 10.2 Å². The Kier molecular flexibility index (Phi) is 2.36. The van der Waals surface area contributed by atoms with Crippen LogP contribution in [0.3, 0.4) is 0 Å². The lowest BCUT2D eigenvalue weighted by Gasteiger charge is -2.29. The van der Waals surface area contributed by atoms with Crippen LogP contribution in [0.2, 0.25) is 0 Å². The Morgan fingerprint density at radius 1 is 1.33 bits per heavy atom. The predicted octanol–water partition coefficient (Wildman–Crippen LogP) is 0.589. The van der Waals surface area contributed by atoms with Crippen LogP contribution < -0.4 is 5.32 Å². The lowest BCUT2D eigenvalue weighted by molar-refractivity contribution is 0.291. The van der Waals surface area contributed by atoms with E-state index in [1.165, 1.54) is 0 Å². The quantitative estimate of drug-likeness (QED) is 0.619. The molecule has 0 aromatic heterocycles. The summed E-state index contributed by atoms with van der Waals surface area (Å²) in [5, 5.41) is 11.5. The number of hydrogen-bond acceptors (Lipinski definition) is 4. The van der Waals surface area contributed by atoms with Crippen molar-refractivity contribution in [3.63, 3.8) is 0 Å². The summed E-state index contributed by atoms with van der Waals surface area (Å²) < 4.78 is 0. The third kappa shape index (κ3) is 1.64. The van der Waals surface area contributed by atoms with E-state index in [-0.39, 0.29) is 0 Å². The fourth-order valence-electron chi connectivity index (χ4n) is 1.50. The van der Waals surface area contributed by atoms with Crippen molar-refractivity contribution >= 4 is 0 Å². The molecule has 1 N–H and O–H groups in total. The van der Waals surface area contributed by atoms with E-state index in [0.29, 0.717) is 0 Å². The van der Waals surface area contributed by atoms with E-state index in [2.05, 4.69) is 26.5 Å². The van der Waals surface area contributed by atoms with Gasteiger partial charge in [0.15, 0.2) is 0 Å². The second-order valence-corrected chi connectivity index (χ2v) is 3.05. The van der Waals surface area contributed by atoms with E-state index >= 15 is 0 Å². The van der Waals surface area contributed by atoms with Crippen LogP contribution in [0, 0.1) is 0 Å². The zero-order valence-electron chi connectivity index (χ0n) is 7.16. The summed E-state index contributed by atoms with van der Waals surface area (Å²) >= 11 is 0. The van der Waals surface area contributed by atoms with E-state index in [0.717, 1.165) is 45.0 Å². The van der Waals surface area contributed by atoms with Gasteiger partial charge in [-0.1, -0.05) is 0 Å². The molecular weight excluding hydrogens is 152 g/mol. The molecule has 0 bridgehead atoms. The highest BCUT2D eigenvalue weighted by Crippen LogP contribution is 2.12. The average Bonchev–Trinajstić information content (AvgIpc) is 2.21. The Hall–Kier alpha value is -0.900. The minimum Gasteiger partial charge on any atom is -0.353 e. The largest absolute Gasteiger partial charge is 0.353 e. The van der Waals surface area contributed by atoms with Crippen LogP contribution in [0.4, 0.5) is 0 Å². The van der Waals surface area contributed by atoms with Crippen molar-refractivity contribution in [1.29, 1.82) is 0 Å². The van der Waals surface area contributed by atoms with E-state index in [1.807, 2.05) is 0 Å². The molecule has 2 aliphatic rings. The number of hydrogen-bond donors (Lipinski definition) is 1. The van der Waals surface area contributed by atoms with Crippen molar-refractivity contribution in [3.8, 4) is 0 Å². The van der Waals surface area contributed by atoms with Crippen molar-refractivity contribution in [2.75, 3.05) is 32.7 Å². The summed E-state index contributed by atoms with van der Waals surface area (Å²) in [6.07, 6.45) is 3.22. The zero-order chi connectivity index (χ0) is 8.23. The SMILES string of the molecule is C1=C(N2CCNCC2)N=NCC1. The van der Waals surface area contributed by atoms with Crippen LogP contribution in [0.5, 0.6) is 0 Å². The maximum absolute atomic E-state index is 4.14. The highest BCUT2D eigenvalue weighted by molar-refractivity contribution is 5.02. The highest BCUT2D eigenvalue weighted by atomic mass is 15.3. The molecule has 0 radical (unpaired) electrons. The minimum atomic E-state index is 0.857. The Morgan fingerprint density at radius 2 is 2.17 bits per heavy atom. The van der Waals surface area contributed by atoms with E-state index < -0.39 is 0 Å². The van der Waals surface area contributed by atoms with Gasteiger partial charge >= 0.3 is 0 Å². The van der Waals surface area contributed by atoms with Crippen LogP contribution >= 0.6 is 0 Å².